The first-order chi connectivity index (χ1) is 8.75. The number of rotatable bonds is 3. The van der Waals surface area contributed by atoms with Crippen molar-refractivity contribution >= 4 is 5.95 Å². The second-order valence-electron chi connectivity index (χ2n) is 5.16. The molecule has 0 N–H and O–H groups in total. The van der Waals surface area contributed by atoms with Gasteiger partial charge < -0.3 is 9.47 Å². The third-order valence-electron chi connectivity index (χ3n) is 4.27. The number of nitrogens with zero attached hydrogens (tertiary/aromatic N) is 4. The zero-order valence-electron chi connectivity index (χ0n) is 10.9. The summed E-state index contributed by atoms with van der Waals surface area (Å²) in [5.41, 5.74) is 0. The first kappa shape index (κ1) is 11.6. The molecule has 0 unspecified atom stereocenters. The summed E-state index contributed by atoms with van der Waals surface area (Å²) in [6.45, 7) is 3.38. The van der Waals surface area contributed by atoms with Crippen molar-refractivity contribution in [2.75, 3.05) is 33.9 Å². The maximum Gasteiger partial charge on any atom is 0.338 e. The van der Waals surface area contributed by atoms with Gasteiger partial charge in [-0.3, -0.25) is 4.48 Å². The van der Waals surface area contributed by atoms with Crippen LogP contribution in [0.15, 0.2) is 0 Å². The third kappa shape index (κ3) is 1.80. The Morgan fingerprint density at radius 3 is 1.83 bits per heavy atom. The van der Waals surface area contributed by atoms with E-state index in [4.69, 9.17) is 9.47 Å². The van der Waals surface area contributed by atoms with E-state index in [0.717, 1.165) is 36.0 Å². The van der Waals surface area contributed by atoms with E-state index in [2.05, 4.69) is 15.0 Å². The SMILES string of the molecule is COc1nc(OC)nc([N+]23CCC(CC2)CC3)n1. The van der Waals surface area contributed by atoms with Gasteiger partial charge >= 0.3 is 18.0 Å². The smallest absolute Gasteiger partial charge is 0.338 e. The first-order valence-electron chi connectivity index (χ1n) is 6.46. The average molecular weight is 251 g/mol. The van der Waals surface area contributed by atoms with Crippen LogP contribution in [0.5, 0.6) is 12.0 Å². The second-order valence-corrected chi connectivity index (χ2v) is 5.16. The quantitative estimate of drug-likeness (QED) is 0.750. The van der Waals surface area contributed by atoms with Crippen LogP contribution >= 0.6 is 0 Å². The number of quaternary nitrogens is 1. The summed E-state index contributed by atoms with van der Waals surface area (Å²) in [4.78, 5) is 12.9. The van der Waals surface area contributed by atoms with E-state index < -0.39 is 0 Å². The lowest BCUT2D eigenvalue weighted by molar-refractivity contribution is 0.105. The summed E-state index contributed by atoms with van der Waals surface area (Å²) in [5.74, 6) is 1.72. The van der Waals surface area contributed by atoms with E-state index in [9.17, 15) is 0 Å². The molecule has 6 heteroatoms. The van der Waals surface area contributed by atoms with E-state index >= 15 is 0 Å². The number of ether oxygens (including phenoxy) is 2. The lowest BCUT2D eigenvalue weighted by atomic mass is 9.86. The van der Waals surface area contributed by atoms with Gasteiger partial charge in [-0.05, 0) is 5.92 Å². The van der Waals surface area contributed by atoms with Crippen LogP contribution in [0.25, 0.3) is 0 Å². The highest BCUT2D eigenvalue weighted by Gasteiger charge is 2.44. The summed E-state index contributed by atoms with van der Waals surface area (Å²) in [6, 6.07) is 0.689. The van der Waals surface area contributed by atoms with Gasteiger partial charge in [0.15, 0.2) is 0 Å². The molecule has 3 fully saturated rings. The molecule has 0 aromatic carbocycles. The molecule has 6 nitrogen and oxygen atoms in total. The highest BCUT2D eigenvalue weighted by atomic mass is 16.5. The summed E-state index contributed by atoms with van der Waals surface area (Å²) in [7, 11) is 3.14. The maximum atomic E-state index is 5.14. The lowest BCUT2D eigenvalue weighted by Crippen LogP contribution is -2.60. The number of hydrogen-bond donors (Lipinski definition) is 0. The molecule has 0 saturated carbocycles. The van der Waals surface area contributed by atoms with Gasteiger partial charge in [-0.1, -0.05) is 0 Å². The zero-order chi connectivity index (χ0) is 12.6. The minimum atomic E-state index is 0.344. The van der Waals surface area contributed by atoms with Crippen molar-refractivity contribution in [2.24, 2.45) is 5.92 Å². The molecule has 1 aromatic rings. The summed E-state index contributed by atoms with van der Waals surface area (Å²) >= 11 is 0. The van der Waals surface area contributed by atoms with E-state index in [0.29, 0.717) is 12.0 Å². The molecule has 0 aliphatic carbocycles. The molecule has 0 amide bonds. The predicted octanol–water partition coefficient (Wildman–Crippen LogP) is 1.01. The Balaban J connectivity index is 1.99. The van der Waals surface area contributed by atoms with Crippen LogP contribution in [-0.4, -0.2) is 48.8 Å². The van der Waals surface area contributed by atoms with Crippen molar-refractivity contribution in [1.29, 1.82) is 0 Å². The molecule has 98 valence electrons. The van der Waals surface area contributed by atoms with Crippen LogP contribution in [0.1, 0.15) is 19.3 Å². The molecule has 4 rings (SSSR count). The van der Waals surface area contributed by atoms with Crippen molar-refractivity contribution < 1.29 is 9.47 Å². The Hall–Kier alpha value is -1.43. The third-order valence-corrected chi connectivity index (χ3v) is 4.27. The van der Waals surface area contributed by atoms with Gasteiger partial charge in [0.1, 0.15) is 0 Å². The van der Waals surface area contributed by atoms with Crippen LogP contribution in [0.2, 0.25) is 0 Å². The molecular weight excluding hydrogens is 232 g/mol. The highest BCUT2D eigenvalue weighted by Crippen LogP contribution is 2.37. The van der Waals surface area contributed by atoms with Gasteiger partial charge in [-0.2, -0.15) is 0 Å². The van der Waals surface area contributed by atoms with Gasteiger partial charge in [0.2, 0.25) is 0 Å². The normalized spacial score (nSPS) is 30.2. The first-order valence-corrected chi connectivity index (χ1v) is 6.46. The molecular formula is C12H19N4O2+. The number of aromatic nitrogens is 3. The maximum absolute atomic E-state index is 5.14. The fourth-order valence-corrected chi connectivity index (χ4v) is 3.08. The molecule has 3 aliphatic rings. The van der Waals surface area contributed by atoms with Crippen molar-refractivity contribution in [2.45, 2.75) is 19.3 Å². The van der Waals surface area contributed by atoms with Crippen molar-refractivity contribution in [3.63, 3.8) is 0 Å². The molecule has 3 saturated heterocycles. The fourth-order valence-electron chi connectivity index (χ4n) is 3.08. The largest absolute Gasteiger partial charge is 0.466 e. The van der Waals surface area contributed by atoms with Gasteiger partial charge in [0.25, 0.3) is 0 Å². The summed E-state index contributed by atoms with van der Waals surface area (Å²) in [6.07, 6.45) is 3.82. The van der Waals surface area contributed by atoms with Gasteiger partial charge in [0.05, 0.1) is 33.9 Å². The van der Waals surface area contributed by atoms with E-state index in [1.165, 1.54) is 19.3 Å². The Morgan fingerprint density at radius 1 is 0.889 bits per heavy atom. The summed E-state index contributed by atoms with van der Waals surface area (Å²) < 4.78 is 11.1. The highest BCUT2D eigenvalue weighted by molar-refractivity contribution is 5.30. The standard InChI is InChI=1S/C12H19N4O2/c1-17-11-13-10(14-12(15-11)18-2)16-6-3-9(4-7-16)5-8-16/h9H,3-8H2,1-2H3/q+1. The number of piperidine rings is 3. The summed E-state index contributed by atoms with van der Waals surface area (Å²) in [5, 5.41) is 0. The predicted molar refractivity (Wildman–Crippen MR) is 66.7 cm³/mol. The van der Waals surface area contributed by atoms with Gasteiger partial charge in [-0.15, -0.1) is 15.0 Å². The lowest BCUT2D eigenvalue weighted by Gasteiger charge is -2.46. The number of methoxy groups -OCH3 is 2. The van der Waals surface area contributed by atoms with Crippen LogP contribution < -0.4 is 14.0 Å². The number of fused-ring (bicyclic) bond motifs is 3. The van der Waals surface area contributed by atoms with E-state index in [1.54, 1.807) is 14.2 Å². The van der Waals surface area contributed by atoms with Crippen molar-refractivity contribution in [1.82, 2.24) is 19.4 Å². The molecule has 2 bridgehead atoms. The van der Waals surface area contributed by atoms with Crippen molar-refractivity contribution in [3.8, 4) is 12.0 Å². The Labute approximate surface area is 107 Å². The fraction of sp³-hybridized carbons (Fsp3) is 0.750. The molecule has 18 heavy (non-hydrogen) atoms. The topological polar surface area (TPSA) is 57.1 Å². The molecule has 1 aromatic heterocycles. The zero-order valence-corrected chi connectivity index (χ0v) is 10.9. The van der Waals surface area contributed by atoms with Crippen LogP contribution in [0.4, 0.5) is 5.95 Å². The Kier molecular flexibility index (Phi) is 2.81. The van der Waals surface area contributed by atoms with Gasteiger partial charge in [0, 0.05) is 19.3 Å². The van der Waals surface area contributed by atoms with Gasteiger partial charge in [-0.25, -0.2) is 0 Å². The molecule has 3 aliphatic heterocycles. The van der Waals surface area contributed by atoms with Crippen LogP contribution in [0.3, 0.4) is 0 Å². The minimum absolute atomic E-state index is 0.344. The average Bonchev–Trinajstić information content (AvgIpc) is 2.48. The number of hydrogen-bond acceptors (Lipinski definition) is 5. The Bertz CT molecular complexity index is 408. The minimum Gasteiger partial charge on any atom is -0.466 e. The van der Waals surface area contributed by atoms with Crippen LogP contribution in [0, 0.1) is 5.92 Å². The molecule has 0 atom stereocenters. The van der Waals surface area contributed by atoms with E-state index in [-0.39, 0.29) is 0 Å². The van der Waals surface area contributed by atoms with Crippen molar-refractivity contribution in [3.05, 3.63) is 0 Å². The Morgan fingerprint density at radius 2 is 1.39 bits per heavy atom. The van der Waals surface area contributed by atoms with Crippen LogP contribution in [-0.2, 0) is 0 Å². The second kappa shape index (κ2) is 4.35. The van der Waals surface area contributed by atoms with E-state index in [1.807, 2.05) is 0 Å². The monoisotopic (exact) mass is 251 g/mol. The molecule has 0 radical (unpaired) electrons. The molecule has 0 spiro atoms. The molecule has 4 heterocycles.